The highest BCUT2D eigenvalue weighted by Gasteiger charge is 2.24. The smallest absolute Gasteiger partial charge is 0.243 e. The van der Waals surface area contributed by atoms with Crippen molar-refractivity contribution in [2.75, 3.05) is 13.1 Å². The molecule has 1 aliphatic rings. The second kappa shape index (κ2) is 12.5. The summed E-state index contributed by atoms with van der Waals surface area (Å²) in [6, 6.07) is 2.55. The number of piperidine rings is 1. The van der Waals surface area contributed by atoms with E-state index in [0.29, 0.717) is 30.3 Å². The van der Waals surface area contributed by atoms with Gasteiger partial charge in [0.15, 0.2) is 0 Å². The highest BCUT2D eigenvalue weighted by molar-refractivity contribution is 5.87. The normalized spacial score (nSPS) is 14.6. The number of amides is 2. The first-order chi connectivity index (χ1) is 16.7. The standard InChI is InChI=1S/C26H35F2N5O2/c1-17(2)7-10-25(34)32-22(13-18(3)33-11-5-4-6-12-33)26(35)30-16-24-29-15-23(31-24)20-9-8-19(27)14-21(20)28/h8-9,14-15,17,22H,3-7,10-13,16H2,1-2H3,(H,29,31)(H,30,35)(H,32,34)/t22-/m0/s1. The lowest BCUT2D eigenvalue weighted by atomic mass is 10.1. The molecule has 2 heterocycles. The Morgan fingerprint density at radius 2 is 1.94 bits per heavy atom. The van der Waals surface area contributed by atoms with E-state index in [-0.39, 0.29) is 23.9 Å². The fraction of sp³-hybridized carbons (Fsp3) is 0.500. The number of nitrogens with one attached hydrogen (secondary N) is 3. The number of likely N-dealkylation sites (tertiary alicyclic amines) is 1. The monoisotopic (exact) mass is 487 g/mol. The highest BCUT2D eigenvalue weighted by Crippen LogP contribution is 2.22. The van der Waals surface area contributed by atoms with E-state index in [9.17, 15) is 18.4 Å². The molecule has 7 nitrogen and oxygen atoms in total. The summed E-state index contributed by atoms with van der Waals surface area (Å²) in [5.41, 5.74) is 1.40. The summed E-state index contributed by atoms with van der Waals surface area (Å²) in [7, 11) is 0. The van der Waals surface area contributed by atoms with E-state index in [4.69, 9.17) is 0 Å². The molecule has 3 rings (SSSR count). The van der Waals surface area contributed by atoms with Gasteiger partial charge < -0.3 is 20.5 Å². The van der Waals surface area contributed by atoms with E-state index >= 15 is 0 Å². The van der Waals surface area contributed by atoms with Crippen LogP contribution in [-0.4, -0.2) is 45.8 Å². The van der Waals surface area contributed by atoms with Gasteiger partial charge in [-0.25, -0.2) is 13.8 Å². The molecule has 1 atom stereocenters. The molecule has 0 bridgehead atoms. The summed E-state index contributed by atoms with van der Waals surface area (Å²) in [6.45, 7) is 10.1. The van der Waals surface area contributed by atoms with Crippen LogP contribution in [0.4, 0.5) is 8.78 Å². The maximum absolute atomic E-state index is 14.1. The molecule has 1 saturated heterocycles. The number of aromatic nitrogens is 2. The van der Waals surface area contributed by atoms with E-state index in [1.54, 1.807) is 0 Å². The molecule has 1 aromatic carbocycles. The van der Waals surface area contributed by atoms with Crippen molar-refractivity contribution < 1.29 is 18.4 Å². The first-order valence-corrected chi connectivity index (χ1v) is 12.2. The maximum atomic E-state index is 14.1. The second-order valence-electron chi connectivity index (χ2n) is 9.46. The van der Waals surface area contributed by atoms with Crippen molar-refractivity contribution in [1.29, 1.82) is 0 Å². The predicted molar refractivity (Wildman–Crippen MR) is 131 cm³/mol. The summed E-state index contributed by atoms with van der Waals surface area (Å²) in [6.07, 6.45) is 6.21. The molecule has 2 aromatic rings. The van der Waals surface area contributed by atoms with Gasteiger partial charge in [0.25, 0.3) is 0 Å². The third kappa shape index (κ3) is 7.90. The summed E-state index contributed by atoms with van der Waals surface area (Å²) >= 11 is 0. The predicted octanol–water partition coefficient (Wildman–Crippen LogP) is 4.28. The Balaban J connectivity index is 1.63. The number of carbonyl (C=O) groups excluding carboxylic acids is 2. The zero-order valence-corrected chi connectivity index (χ0v) is 20.5. The van der Waals surface area contributed by atoms with Gasteiger partial charge >= 0.3 is 0 Å². The fourth-order valence-electron chi connectivity index (χ4n) is 4.06. The molecule has 9 heteroatoms. The second-order valence-corrected chi connectivity index (χ2v) is 9.46. The van der Waals surface area contributed by atoms with Gasteiger partial charge in [0, 0.05) is 43.3 Å². The number of H-pyrrole nitrogens is 1. The van der Waals surface area contributed by atoms with Crippen LogP contribution in [-0.2, 0) is 16.1 Å². The summed E-state index contributed by atoms with van der Waals surface area (Å²) < 4.78 is 27.3. The number of carbonyl (C=O) groups is 2. The van der Waals surface area contributed by atoms with Crippen LogP contribution in [0.5, 0.6) is 0 Å². The van der Waals surface area contributed by atoms with Gasteiger partial charge in [-0.15, -0.1) is 0 Å². The lowest BCUT2D eigenvalue weighted by Crippen LogP contribution is -2.48. The van der Waals surface area contributed by atoms with Crippen molar-refractivity contribution in [2.24, 2.45) is 5.92 Å². The first kappa shape index (κ1) is 26.4. The van der Waals surface area contributed by atoms with E-state index in [0.717, 1.165) is 44.1 Å². The van der Waals surface area contributed by atoms with Crippen molar-refractivity contribution in [1.82, 2.24) is 25.5 Å². The largest absolute Gasteiger partial charge is 0.375 e. The Bertz CT molecular complexity index is 1030. The van der Waals surface area contributed by atoms with E-state index in [1.165, 1.54) is 24.8 Å². The summed E-state index contributed by atoms with van der Waals surface area (Å²) in [4.78, 5) is 34.9. The van der Waals surface area contributed by atoms with Crippen LogP contribution in [0.1, 0.15) is 58.2 Å². The average Bonchev–Trinajstić information content (AvgIpc) is 3.30. The molecule has 190 valence electrons. The first-order valence-electron chi connectivity index (χ1n) is 12.2. The Labute approximate surface area is 205 Å². The number of nitrogens with zero attached hydrogens (tertiary/aromatic N) is 2. The molecule has 35 heavy (non-hydrogen) atoms. The van der Waals surface area contributed by atoms with Crippen LogP contribution in [0.25, 0.3) is 11.3 Å². The van der Waals surface area contributed by atoms with Crippen molar-refractivity contribution in [3.63, 3.8) is 0 Å². The van der Waals surface area contributed by atoms with Crippen molar-refractivity contribution >= 4 is 11.8 Å². The average molecular weight is 488 g/mol. The Morgan fingerprint density at radius 1 is 1.20 bits per heavy atom. The van der Waals surface area contributed by atoms with Gasteiger partial charge in [-0.05, 0) is 43.7 Å². The topological polar surface area (TPSA) is 90.1 Å². The third-order valence-corrected chi connectivity index (χ3v) is 6.12. The van der Waals surface area contributed by atoms with Gasteiger partial charge in [0.1, 0.15) is 23.5 Å². The fourth-order valence-corrected chi connectivity index (χ4v) is 4.06. The Kier molecular flexibility index (Phi) is 9.39. The van der Waals surface area contributed by atoms with Crippen LogP contribution in [0.15, 0.2) is 36.7 Å². The van der Waals surface area contributed by atoms with Gasteiger partial charge in [0.2, 0.25) is 11.8 Å². The minimum absolute atomic E-state index is 0.0657. The summed E-state index contributed by atoms with van der Waals surface area (Å²) in [5.74, 6) is -1.08. The van der Waals surface area contributed by atoms with Crippen LogP contribution in [0, 0.1) is 17.6 Å². The van der Waals surface area contributed by atoms with E-state index in [2.05, 4.69) is 32.1 Å². The number of rotatable bonds is 11. The van der Waals surface area contributed by atoms with Crippen LogP contribution >= 0.6 is 0 Å². The quantitative estimate of drug-likeness (QED) is 0.441. The Hall–Kier alpha value is -3.23. The third-order valence-electron chi connectivity index (χ3n) is 6.12. The molecule has 2 amide bonds. The van der Waals surface area contributed by atoms with Crippen LogP contribution in [0.3, 0.4) is 0 Å². The number of imidazole rings is 1. The molecule has 0 unspecified atom stereocenters. The minimum Gasteiger partial charge on any atom is -0.375 e. The van der Waals surface area contributed by atoms with Crippen molar-refractivity contribution in [3.8, 4) is 11.3 Å². The van der Waals surface area contributed by atoms with Crippen LogP contribution < -0.4 is 10.6 Å². The molecular formula is C26H35F2N5O2. The van der Waals surface area contributed by atoms with Gasteiger partial charge in [-0.3, -0.25) is 9.59 Å². The zero-order valence-electron chi connectivity index (χ0n) is 20.5. The number of hydrogen-bond donors (Lipinski definition) is 3. The van der Waals surface area contributed by atoms with Crippen molar-refractivity contribution in [2.45, 2.75) is 65.0 Å². The molecule has 1 aliphatic heterocycles. The zero-order chi connectivity index (χ0) is 25.4. The number of aromatic amines is 1. The minimum atomic E-state index is -0.756. The maximum Gasteiger partial charge on any atom is 0.243 e. The molecular weight excluding hydrogens is 452 g/mol. The highest BCUT2D eigenvalue weighted by atomic mass is 19.1. The van der Waals surface area contributed by atoms with E-state index < -0.39 is 17.7 Å². The summed E-state index contributed by atoms with van der Waals surface area (Å²) in [5, 5.41) is 5.67. The molecule has 0 radical (unpaired) electrons. The molecule has 0 aliphatic carbocycles. The number of halogens is 2. The van der Waals surface area contributed by atoms with Gasteiger partial charge in [-0.1, -0.05) is 20.4 Å². The number of benzene rings is 1. The molecule has 1 fully saturated rings. The molecule has 1 aromatic heterocycles. The Morgan fingerprint density at radius 3 is 2.63 bits per heavy atom. The van der Waals surface area contributed by atoms with Crippen molar-refractivity contribution in [3.05, 3.63) is 54.1 Å². The lowest BCUT2D eigenvalue weighted by molar-refractivity contribution is -0.129. The van der Waals surface area contributed by atoms with E-state index in [1.807, 2.05) is 13.8 Å². The number of hydrogen-bond acceptors (Lipinski definition) is 4. The van der Waals surface area contributed by atoms with Gasteiger partial charge in [0.05, 0.1) is 18.4 Å². The molecule has 0 spiro atoms. The molecule has 3 N–H and O–H groups in total. The SMILES string of the molecule is C=C(C[C@H](NC(=O)CCC(C)C)C(=O)NCc1ncc(-c2ccc(F)cc2F)[nH]1)N1CCCCC1. The van der Waals surface area contributed by atoms with Gasteiger partial charge in [-0.2, -0.15) is 0 Å². The molecule has 0 saturated carbocycles. The van der Waals surface area contributed by atoms with Crippen LogP contribution in [0.2, 0.25) is 0 Å². The lowest BCUT2D eigenvalue weighted by Gasteiger charge is -2.32.